The average molecular weight is 364 g/mol. The molecule has 2 aromatic rings. The van der Waals surface area contributed by atoms with Crippen molar-refractivity contribution in [1.29, 1.82) is 0 Å². The van der Waals surface area contributed by atoms with E-state index in [-0.39, 0.29) is 5.69 Å². The van der Waals surface area contributed by atoms with Crippen molar-refractivity contribution < 1.29 is 9.66 Å². The number of hydrogen-bond donors (Lipinski definition) is 0. The van der Waals surface area contributed by atoms with E-state index in [1.54, 1.807) is 6.07 Å². The highest BCUT2D eigenvalue weighted by Gasteiger charge is 2.19. The molecule has 0 radical (unpaired) electrons. The molecule has 114 valence electrons. The standard InChI is InChI=1S/C15H14BrN3O3/c1-9-17-13-5-3-2-4-11(13)15(18-9)22-14-7-6-10(19(20)21)8-12(14)16/h6-8H,2-5H2,1H3. The molecule has 1 aliphatic carbocycles. The summed E-state index contributed by atoms with van der Waals surface area (Å²) in [5, 5.41) is 10.8. The molecule has 0 amide bonds. The van der Waals surface area contributed by atoms with Crippen LogP contribution in [0.15, 0.2) is 22.7 Å². The smallest absolute Gasteiger partial charge is 0.270 e. The van der Waals surface area contributed by atoms with E-state index in [9.17, 15) is 10.1 Å². The number of ether oxygens (including phenoxy) is 1. The molecule has 7 heteroatoms. The number of rotatable bonds is 3. The van der Waals surface area contributed by atoms with Crippen LogP contribution in [0, 0.1) is 17.0 Å². The van der Waals surface area contributed by atoms with Crippen LogP contribution in [0.3, 0.4) is 0 Å². The number of aromatic nitrogens is 2. The summed E-state index contributed by atoms with van der Waals surface area (Å²) in [5.41, 5.74) is 2.11. The molecule has 0 unspecified atom stereocenters. The zero-order chi connectivity index (χ0) is 15.7. The Labute approximate surface area is 135 Å². The first-order chi connectivity index (χ1) is 10.5. The molecule has 1 aliphatic rings. The third kappa shape index (κ3) is 2.94. The molecule has 0 saturated heterocycles. The number of halogens is 1. The van der Waals surface area contributed by atoms with Crippen LogP contribution in [0.25, 0.3) is 0 Å². The van der Waals surface area contributed by atoms with Crippen LogP contribution >= 0.6 is 15.9 Å². The number of nitro groups is 1. The van der Waals surface area contributed by atoms with E-state index in [1.165, 1.54) is 12.1 Å². The first-order valence-corrected chi connectivity index (χ1v) is 7.82. The van der Waals surface area contributed by atoms with Gasteiger partial charge in [-0.25, -0.2) is 4.98 Å². The number of fused-ring (bicyclic) bond motifs is 1. The topological polar surface area (TPSA) is 78.2 Å². The summed E-state index contributed by atoms with van der Waals surface area (Å²) in [6.07, 6.45) is 4.06. The van der Waals surface area contributed by atoms with Gasteiger partial charge in [0.2, 0.25) is 5.88 Å². The van der Waals surface area contributed by atoms with Gasteiger partial charge in [-0.05, 0) is 54.6 Å². The molecule has 1 heterocycles. The van der Waals surface area contributed by atoms with Crippen molar-refractivity contribution in [2.24, 2.45) is 0 Å². The van der Waals surface area contributed by atoms with E-state index in [2.05, 4.69) is 25.9 Å². The van der Waals surface area contributed by atoms with Gasteiger partial charge in [0.05, 0.1) is 15.1 Å². The molecule has 1 aromatic carbocycles. The van der Waals surface area contributed by atoms with Gasteiger partial charge in [-0.2, -0.15) is 4.98 Å². The van der Waals surface area contributed by atoms with E-state index >= 15 is 0 Å². The SMILES string of the molecule is Cc1nc2c(c(Oc3ccc([N+](=O)[O-])cc3Br)n1)CCCC2. The molecule has 0 atom stereocenters. The Kier molecular flexibility index (Phi) is 4.06. The van der Waals surface area contributed by atoms with E-state index in [4.69, 9.17) is 4.74 Å². The molecule has 3 rings (SSSR count). The molecule has 0 N–H and O–H groups in total. The lowest BCUT2D eigenvalue weighted by molar-refractivity contribution is -0.384. The third-order valence-corrected chi connectivity index (χ3v) is 4.21. The highest BCUT2D eigenvalue weighted by molar-refractivity contribution is 9.10. The van der Waals surface area contributed by atoms with Crippen LogP contribution in [0.2, 0.25) is 0 Å². The van der Waals surface area contributed by atoms with Crippen molar-refractivity contribution >= 4 is 21.6 Å². The Morgan fingerprint density at radius 3 is 2.77 bits per heavy atom. The molecule has 0 saturated carbocycles. The summed E-state index contributed by atoms with van der Waals surface area (Å²) in [7, 11) is 0. The van der Waals surface area contributed by atoms with Crippen molar-refractivity contribution in [1.82, 2.24) is 9.97 Å². The summed E-state index contributed by atoms with van der Waals surface area (Å²) < 4.78 is 6.43. The molecule has 0 bridgehead atoms. The van der Waals surface area contributed by atoms with E-state index in [1.807, 2.05) is 6.92 Å². The largest absolute Gasteiger partial charge is 0.437 e. The quantitative estimate of drug-likeness (QED) is 0.605. The van der Waals surface area contributed by atoms with Gasteiger partial charge >= 0.3 is 0 Å². The van der Waals surface area contributed by atoms with Gasteiger partial charge in [0.15, 0.2) is 0 Å². The Balaban J connectivity index is 1.96. The number of benzene rings is 1. The van der Waals surface area contributed by atoms with Crippen molar-refractivity contribution in [2.45, 2.75) is 32.6 Å². The number of hydrogen-bond acceptors (Lipinski definition) is 5. The van der Waals surface area contributed by atoms with Crippen molar-refractivity contribution in [2.75, 3.05) is 0 Å². The Hall–Kier alpha value is -2.02. The van der Waals surface area contributed by atoms with Gasteiger partial charge in [0, 0.05) is 17.7 Å². The predicted molar refractivity (Wildman–Crippen MR) is 84.3 cm³/mol. The minimum atomic E-state index is -0.439. The van der Waals surface area contributed by atoms with Crippen molar-refractivity contribution in [3.05, 3.63) is 49.9 Å². The predicted octanol–water partition coefficient (Wildman–Crippen LogP) is 4.13. The maximum absolute atomic E-state index is 10.8. The Morgan fingerprint density at radius 1 is 1.27 bits per heavy atom. The zero-order valence-corrected chi connectivity index (χ0v) is 13.6. The maximum atomic E-state index is 10.8. The molecule has 0 spiro atoms. The van der Waals surface area contributed by atoms with Crippen molar-refractivity contribution in [3.63, 3.8) is 0 Å². The number of non-ortho nitro benzene ring substituents is 1. The first kappa shape index (κ1) is 14.9. The minimum absolute atomic E-state index is 0.0140. The van der Waals surface area contributed by atoms with Crippen molar-refractivity contribution in [3.8, 4) is 11.6 Å². The maximum Gasteiger partial charge on any atom is 0.270 e. The third-order valence-electron chi connectivity index (χ3n) is 3.59. The molecular weight excluding hydrogens is 350 g/mol. The second kappa shape index (κ2) is 6.00. The normalized spacial score (nSPS) is 13.5. The number of nitrogens with zero attached hydrogens (tertiary/aromatic N) is 3. The van der Waals surface area contributed by atoms with Gasteiger partial charge in [-0.15, -0.1) is 0 Å². The molecule has 1 aromatic heterocycles. The molecule has 0 aliphatic heterocycles. The lowest BCUT2D eigenvalue weighted by Gasteiger charge is -2.18. The van der Waals surface area contributed by atoms with Crippen LogP contribution in [0.1, 0.15) is 29.9 Å². The fourth-order valence-electron chi connectivity index (χ4n) is 2.55. The fraction of sp³-hybridized carbons (Fsp3) is 0.333. The summed E-state index contributed by atoms with van der Waals surface area (Å²) >= 11 is 3.31. The van der Waals surface area contributed by atoms with E-state index < -0.39 is 4.92 Å². The Morgan fingerprint density at radius 2 is 2.05 bits per heavy atom. The van der Waals surface area contributed by atoms with Crippen LogP contribution in [-0.2, 0) is 12.8 Å². The molecule has 6 nitrogen and oxygen atoms in total. The van der Waals surface area contributed by atoms with E-state index in [0.29, 0.717) is 21.9 Å². The van der Waals surface area contributed by atoms with Gasteiger partial charge in [0.25, 0.3) is 5.69 Å². The van der Waals surface area contributed by atoms with Crippen LogP contribution in [-0.4, -0.2) is 14.9 Å². The molecule has 0 fully saturated rings. The summed E-state index contributed by atoms with van der Waals surface area (Å²) in [5.74, 6) is 1.74. The molecule has 22 heavy (non-hydrogen) atoms. The minimum Gasteiger partial charge on any atom is -0.437 e. The summed E-state index contributed by atoms with van der Waals surface area (Å²) in [6.45, 7) is 1.84. The van der Waals surface area contributed by atoms with Crippen LogP contribution in [0.4, 0.5) is 5.69 Å². The highest BCUT2D eigenvalue weighted by atomic mass is 79.9. The van der Waals surface area contributed by atoms with Crippen LogP contribution < -0.4 is 4.74 Å². The number of aryl methyl sites for hydroxylation is 2. The highest BCUT2D eigenvalue weighted by Crippen LogP contribution is 2.35. The summed E-state index contributed by atoms with van der Waals surface area (Å²) in [6, 6.07) is 4.42. The zero-order valence-electron chi connectivity index (χ0n) is 12.0. The lowest BCUT2D eigenvalue weighted by Crippen LogP contribution is -2.10. The molecular formula is C15H14BrN3O3. The first-order valence-electron chi connectivity index (χ1n) is 7.03. The average Bonchev–Trinajstić information content (AvgIpc) is 2.49. The number of nitro benzene ring substituents is 1. The summed E-state index contributed by atoms with van der Waals surface area (Å²) in [4.78, 5) is 19.2. The monoisotopic (exact) mass is 363 g/mol. The van der Waals surface area contributed by atoms with Gasteiger partial charge in [0.1, 0.15) is 11.6 Å². The van der Waals surface area contributed by atoms with Gasteiger partial charge < -0.3 is 4.74 Å². The van der Waals surface area contributed by atoms with Gasteiger partial charge in [-0.3, -0.25) is 10.1 Å². The van der Waals surface area contributed by atoms with E-state index in [0.717, 1.165) is 36.9 Å². The second-order valence-corrected chi connectivity index (χ2v) is 6.04. The fourth-order valence-corrected chi connectivity index (χ4v) is 3.00. The lowest BCUT2D eigenvalue weighted by atomic mass is 9.97. The van der Waals surface area contributed by atoms with Gasteiger partial charge in [-0.1, -0.05) is 0 Å². The second-order valence-electron chi connectivity index (χ2n) is 5.18. The Bertz CT molecular complexity index is 749. The van der Waals surface area contributed by atoms with Crippen LogP contribution in [0.5, 0.6) is 11.6 Å².